The number of sulfonamides is 1. The molecule has 0 aromatic heterocycles. The molecule has 146 valence electrons. The number of carbonyl (C=O) groups excluding carboxylic acids is 1. The highest BCUT2D eigenvalue weighted by Gasteiger charge is 2.26. The van der Waals surface area contributed by atoms with E-state index in [1.807, 2.05) is 0 Å². The maximum Gasteiger partial charge on any atom is 0.243 e. The Morgan fingerprint density at radius 2 is 1.74 bits per heavy atom. The molecule has 0 aliphatic heterocycles. The van der Waals surface area contributed by atoms with Crippen molar-refractivity contribution in [2.75, 3.05) is 25.5 Å². The second-order valence-corrected chi connectivity index (χ2v) is 8.53. The summed E-state index contributed by atoms with van der Waals surface area (Å²) in [5.41, 5.74) is 0.228. The zero-order chi connectivity index (χ0) is 20.2. The highest BCUT2D eigenvalue weighted by Crippen LogP contribution is 2.30. The molecule has 2 rings (SSSR count). The van der Waals surface area contributed by atoms with Gasteiger partial charge in [0.25, 0.3) is 0 Å². The van der Waals surface area contributed by atoms with E-state index in [1.165, 1.54) is 25.3 Å². The van der Waals surface area contributed by atoms with E-state index in [4.69, 9.17) is 39.5 Å². The van der Waals surface area contributed by atoms with E-state index in [0.29, 0.717) is 5.75 Å². The minimum Gasteiger partial charge on any atom is -0.495 e. The van der Waals surface area contributed by atoms with Gasteiger partial charge < -0.3 is 10.1 Å². The first-order chi connectivity index (χ1) is 12.7. The van der Waals surface area contributed by atoms with Crippen molar-refractivity contribution in [3.63, 3.8) is 0 Å². The molecule has 0 saturated carbocycles. The van der Waals surface area contributed by atoms with Crippen LogP contribution in [0.2, 0.25) is 15.1 Å². The largest absolute Gasteiger partial charge is 0.495 e. The van der Waals surface area contributed by atoms with Crippen molar-refractivity contribution in [2.24, 2.45) is 0 Å². The van der Waals surface area contributed by atoms with E-state index in [2.05, 4.69) is 5.32 Å². The van der Waals surface area contributed by atoms with E-state index in [0.717, 1.165) is 4.31 Å². The molecule has 6 nitrogen and oxygen atoms in total. The van der Waals surface area contributed by atoms with Gasteiger partial charge in [-0.15, -0.1) is 0 Å². The average molecular weight is 452 g/mol. The topological polar surface area (TPSA) is 75.7 Å². The van der Waals surface area contributed by atoms with E-state index >= 15 is 0 Å². The molecule has 1 amide bonds. The Kier molecular flexibility index (Phi) is 7.36. The Morgan fingerprint density at radius 1 is 1.11 bits per heavy atom. The van der Waals surface area contributed by atoms with Crippen LogP contribution in [0.3, 0.4) is 0 Å². The van der Waals surface area contributed by atoms with Crippen LogP contribution in [-0.2, 0) is 14.8 Å². The third kappa shape index (κ3) is 5.06. The second kappa shape index (κ2) is 9.12. The Hall–Kier alpha value is -1.51. The van der Waals surface area contributed by atoms with Crippen LogP contribution in [0.5, 0.6) is 5.75 Å². The number of hydrogen-bond donors (Lipinski definition) is 1. The molecule has 0 saturated heterocycles. The lowest BCUT2D eigenvalue weighted by Gasteiger charge is -2.21. The number of benzene rings is 2. The number of ether oxygens (including phenoxy) is 1. The van der Waals surface area contributed by atoms with Gasteiger partial charge in [0.2, 0.25) is 15.9 Å². The number of likely N-dealkylation sites (N-methyl/N-ethyl adjacent to an activating group) is 1. The summed E-state index contributed by atoms with van der Waals surface area (Å²) in [7, 11) is -2.51. The number of amides is 1. The Bertz CT molecular complexity index is 931. The summed E-state index contributed by atoms with van der Waals surface area (Å²) in [6, 6.07) is 8.86. The van der Waals surface area contributed by atoms with Crippen molar-refractivity contribution in [3.05, 3.63) is 51.5 Å². The Labute approximate surface area is 173 Å². The van der Waals surface area contributed by atoms with E-state index in [-0.39, 0.29) is 32.2 Å². The Balaban J connectivity index is 2.22. The zero-order valence-electron chi connectivity index (χ0n) is 14.5. The first-order valence-electron chi connectivity index (χ1n) is 7.78. The summed E-state index contributed by atoms with van der Waals surface area (Å²) >= 11 is 18.1. The van der Waals surface area contributed by atoms with Gasteiger partial charge in [0.1, 0.15) is 5.75 Å². The van der Waals surface area contributed by atoms with Crippen LogP contribution in [0.4, 0.5) is 5.69 Å². The number of methoxy groups -OCH3 is 1. The molecule has 0 bridgehead atoms. The summed E-state index contributed by atoms with van der Waals surface area (Å²) in [4.78, 5) is 12.3. The smallest absolute Gasteiger partial charge is 0.243 e. The lowest BCUT2D eigenvalue weighted by atomic mass is 10.3. The standard InChI is InChI=1S/C17H17Cl3N2O4S/c1-3-22(10-16(23)21-17-12(18)5-4-6-13(17)19)27(24,25)11-7-8-15(26-2)14(20)9-11/h4-9H,3,10H2,1-2H3,(H,21,23). The molecule has 0 aliphatic carbocycles. The van der Waals surface area contributed by atoms with E-state index < -0.39 is 22.5 Å². The van der Waals surface area contributed by atoms with Gasteiger partial charge in [0.05, 0.1) is 39.3 Å². The number of carbonyl (C=O) groups is 1. The molecule has 1 N–H and O–H groups in total. The van der Waals surface area contributed by atoms with Crippen molar-refractivity contribution in [3.8, 4) is 5.75 Å². The predicted octanol–water partition coefficient (Wildman–Crippen LogP) is 4.30. The van der Waals surface area contributed by atoms with Gasteiger partial charge in [0, 0.05) is 6.54 Å². The Morgan fingerprint density at radius 3 is 2.26 bits per heavy atom. The maximum absolute atomic E-state index is 12.8. The summed E-state index contributed by atoms with van der Waals surface area (Å²) < 4.78 is 31.7. The summed E-state index contributed by atoms with van der Waals surface area (Å²) in [6.45, 7) is 1.29. The fraction of sp³-hybridized carbons (Fsp3) is 0.235. The molecular formula is C17H17Cl3N2O4S. The van der Waals surface area contributed by atoms with Gasteiger partial charge in [-0.3, -0.25) is 4.79 Å². The molecule has 0 unspecified atom stereocenters. The van der Waals surface area contributed by atoms with Crippen molar-refractivity contribution in [1.29, 1.82) is 0 Å². The summed E-state index contributed by atoms with van der Waals surface area (Å²) in [5.74, 6) is -0.222. The molecular weight excluding hydrogens is 435 g/mol. The maximum atomic E-state index is 12.8. The number of para-hydroxylation sites is 1. The van der Waals surface area contributed by atoms with Crippen LogP contribution in [0.15, 0.2) is 41.3 Å². The highest BCUT2D eigenvalue weighted by atomic mass is 35.5. The van der Waals surface area contributed by atoms with Crippen LogP contribution in [0, 0.1) is 0 Å². The van der Waals surface area contributed by atoms with Crippen LogP contribution >= 0.6 is 34.8 Å². The quantitative estimate of drug-likeness (QED) is 0.681. The second-order valence-electron chi connectivity index (χ2n) is 5.37. The molecule has 10 heteroatoms. The van der Waals surface area contributed by atoms with Crippen molar-refractivity contribution >= 4 is 56.4 Å². The van der Waals surface area contributed by atoms with Gasteiger partial charge in [-0.25, -0.2) is 8.42 Å². The van der Waals surface area contributed by atoms with Crippen LogP contribution < -0.4 is 10.1 Å². The predicted molar refractivity (Wildman–Crippen MR) is 108 cm³/mol. The zero-order valence-corrected chi connectivity index (χ0v) is 17.6. The monoisotopic (exact) mass is 450 g/mol. The first-order valence-corrected chi connectivity index (χ1v) is 10.4. The van der Waals surface area contributed by atoms with Crippen LogP contribution in [-0.4, -0.2) is 38.8 Å². The number of rotatable bonds is 7. The molecule has 0 fully saturated rings. The fourth-order valence-electron chi connectivity index (χ4n) is 2.28. The normalized spacial score (nSPS) is 11.5. The van der Waals surface area contributed by atoms with Gasteiger partial charge in [-0.2, -0.15) is 4.31 Å². The average Bonchev–Trinajstić information content (AvgIpc) is 2.62. The summed E-state index contributed by atoms with van der Waals surface area (Å²) in [6.07, 6.45) is 0. The SMILES string of the molecule is CCN(CC(=O)Nc1c(Cl)cccc1Cl)S(=O)(=O)c1ccc(OC)c(Cl)c1. The van der Waals surface area contributed by atoms with Gasteiger partial charge >= 0.3 is 0 Å². The van der Waals surface area contributed by atoms with Crippen molar-refractivity contribution in [2.45, 2.75) is 11.8 Å². The number of halogens is 3. The third-order valence-corrected chi connectivity index (χ3v) is 6.50. The molecule has 0 spiro atoms. The van der Waals surface area contributed by atoms with Crippen LogP contribution in [0.1, 0.15) is 6.92 Å². The molecule has 27 heavy (non-hydrogen) atoms. The lowest BCUT2D eigenvalue weighted by Crippen LogP contribution is -2.37. The molecule has 2 aromatic carbocycles. The van der Waals surface area contributed by atoms with E-state index in [1.54, 1.807) is 25.1 Å². The van der Waals surface area contributed by atoms with Gasteiger partial charge in [-0.1, -0.05) is 47.8 Å². The minimum absolute atomic E-state index is 0.0428. The third-order valence-electron chi connectivity index (χ3n) is 3.66. The number of hydrogen-bond acceptors (Lipinski definition) is 4. The van der Waals surface area contributed by atoms with Crippen molar-refractivity contribution in [1.82, 2.24) is 4.31 Å². The van der Waals surface area contributed by atoms with Crippen molar-refractivity contribution < 1.29 is 17.9 Å². The highest BCUT2D eigenvalue weighted by molar-refractivity contribution is 7.89. The molecule has 0 aliphatic rings. The lowest BCUT2D eigenvalue weighted by molar-refractivity contribution is -0.116. The number of nitrogens with one attached hydrogen (secondary N) is 1. The molecule has 2 aromatic rings. The fourth-order valence-corrected chi connectivity index (χ4v) is 4.53. The minimum atomic E-state index is -3.94. The summed E-state index contributed by atoms with van der Waals surface area (Å²) in [5, 5.41) is 3.20. The molecule has 0 heterocycles. The van der Waals surface area contributed by atoms with Gasteiger partial charge in [0.15, 0.2) is 0 Å². The number of nitrogens with zero attached hydrogens (tertiary/aromatic N) is 1. The van der Waals surface area contributed by atoms with E-state index in [9.17, 15) is 13.2 Å². The molecule has 0 radical (unpaired) electrons. The van der Waals surface area contributed by atoms with Crippen LogP contribution in [0.25, 0.3) is 0 Å². The first kappa shape index (κ1) is 21.8. The number of anilines is 1. The molecule has 0 atom stereocenters. The van der Waals surface area contributed by atoms with Gasteiger partial charge in [-0.05, 0) is 30.3 Å².